The van der Waals surface area contributed by atoms with E-state index >= 15 is 0 Å². The maximum Gasteiger partial charge on any atom is 0.267 e. The summed E-state index contributed by atoms with van der Waals surface area (Å²) in [5.41, 5.74) is 4.15. The molecule has 5 nitrogen and oxygen atoms in total. The molecule has 5 rings (SSSR count). The second kappa shape index (κ2) is 7.61. The van der Waals surface area contributed by atoms with E-state index in [2.05, 4.69) is 27.9 Å². The highest BCUT2D eigenvalue weighted by atomic mass is 16.5. The number of fused-ring (bicyclic) bond motifs is 1. The number of aromatic nitrogens is 3. The Hall–Kier alpha value is -4.12. The molecular weight excluding hydrogens is 386 g/mol. The van der Waals surface area contributed by atoms with E-state index < -0.39 is 0 Å². The van der Waals surface area contributed by atoms with Crippen molar-refractivity contribution in [3.8, 4) is 34.0 Å². The van der Waals surface area contributed by atoms with E-state index in [9.17, 15) is 4.79 Å². The van der Waals surface area contributed by atoms with Crippen LogP contribution in [-0.2, 0) is 14.1 Å². The summed E-state index contributed by atoms with van der Waals surface area (Å²) in [6.45, 7) is 0. The highest BCUT2D eigenvalue weighted by molar-refractivity contribution is 5.91. The predicted octanol–water partition coefficient (Wildman–Crippen LogP) is 5.40. The van der Waals surface area contributed by atoms with Crippen LogP contribution in [0.2, 0.25) is 0 Å². The van der Waals surface area contributed by atoms with Crippen molar-refractivity contribution in [2.24, 2.45) is 14.1 Å². The first kappa shape index (κ1) is 18.9. The Morgan fingerprint density at radius 1 is 0.774 bits per heavy atom. The predicted molar refractivity (Wildman–Crippen MR) is 123 cm³/mol. The lowest BCUT2D eigenvalue weighted by Crippen LogP contribution is -2.20. The first-order valence-electron chi connectivity index (χ1n) is 10.1. The van der Waals surface area contributed by atoms with Crippen LogP contribution in [-0.4, -0.2) is 14.3 Å². The number of benzene rings is 3. The quantitative estimate of drug-likeness (QED) is 0.401. The van der Waals surface area contributed by atoms with E-state index in [0.29, 0.717) is 11.4 Å². The van der Waals surface area contributed by atoms with Crippen LogP contribution in [0.3, 0.4) is 0 Å². The molecule has 31 heavy (non-hydrogen) atoms. The lowest BCUT2D eigenvalue weighted by Gasteiger charge is -2.15. The molecule has 3 aromatic carbocycles. The van der Waals surface area contributed by atoms with Crippen LogP contribution in [0.15, 0.2) is 95.8 Å². The van der Waals surface area contributed by atoms with Crippen LogP contribution >= 0.6 is 0 Å². The molecule has 0 unspecified atom stereocenters. The number of para-hydroxylation sites is 3. The fourth-order valence-corrected chi connectivity index (χ4v) is 3.85. The zero-order valence-electron chi connectivity index (χ0n) is 17.3. The van der Waals surface area contributed by atoms with Crippen LogP contribution in [0.25, 0.3) is 33.4 Å². The molecule has 5 aromatic rings. The number of hydrogen-bond acceptors (Lipinski definition) is 3. The normalized spacial score (nSPS) is 11.0. The van der Waals surface area contributed by atoms with Gasteiger partial charge in [-0.2, -0.15) is 5.10 Å². The monoisotopic (exact) mass is 407 g/mol. The number of nitrogens with zero attached hydrogens (tertiary/aromatic N) is 3. The van der Waals surface area contributed by atoms with Gasteiger partial charge in [-0.1, -0.05) is 48.5 Å². The van der Waals surface area contributed by atoms with Gasteiger partial charge in [0, 0.05) is 42.2 Å². The zero-order valence-corrected chi connectivity index (χ0v) is 17.3. The minimum absolute atomic E-state index is 0.162. The van der Waals surface area contributed by atoms with Gasteiger partial charge in [0.05, 0.1) is 5.69 Å². The largest absolute Gasteiger partial charge is 0.457 e. The summed E-state index contributed by atoms with van der Waals surface area (Å²) in [5, 5.41) is 5.76. The smallest absolute Gasteiger partial charge is 0.267 e. The Morgan fingerprint density at radius 3 is 2.29 bits per heavy atom. The third-order valence-corrected chi connectivity index (χ3v) is 5.43. The maximum absolute atomic E-state index is 12.6. The summed E-state index contributed by atoms with van der Waals surface area (Å²) < 4.78 is 9.63. The molecule has 2 heterocycles. The second-order valence-electron chi connectivity index (χ2n) is 7.43. The average Bonchev–Trinajstić information content (AvgIpc) is 3.13. The molecule has 5 heteroatoms. The van der Waals surface area contributed by atoms with Crippen molar-refractivity contribution in [2.45, 2.75) is 0 Å². The number of hydrogen-bond donors (Lipinski definition) is 0. The van der Waals surface area contributed by atoms with E-state index in [1.54, 1.807) is 13.1 Å². The summed E-state index contributed by atoms with van der Waals surface area (Å²) in [6, 6.07) is 29.3. The Balaban J connectivity index is 1.74. The summed E-state index contributed by atoms with van der Waals surface area (Å²) >= 11 is 0. The molecule has 0 fully saturated rings. The third kappa shape index (κ3) is 3.40. The molecule has 0 N–H and O–H groups in total. The molecular formula is C26H21N3O2. The van der Waals surface area contributed by atoms with E-state index in [0.717, 1.165) is 33.5 Å². The zero-order chi connectivity index (χ0) is 21.4. The van der Waals surface area contributed by atoms with Gasteiger partial charge in [-0.15, -0.1) is 0 Å². The van der Waals surface area contributed by atoms with Crippen molar-refractivity contribution in [3.05, 3.63) is 101 Å². The summed E-state index contributed by atoms with van der Waals surface area (Å²) in [6.07, 6.45) is 0. The van der Waals surface area contributed by atoms with E-state index in [4.69, 9.17) is 4.74 Å². The van der Waals surface area contributed by atoms with Crippen molar-refractivity contribution in [3.63, 3.8) is 0 Å². The van der Waals surface area contributed by atoms with Gasteiger partial charge in [-0.25, -0.2) is 4.68 Å². The van der Waals surface area contributed by atoms with Crippen molar-refractivity contribution >= 4 is 10.9 Å². The molecule has 0 radical (unpaired) electrons. The van der Waals surface area contributed by atoms with Crippen LogP contribution in [0.4, 0.5) is 0 Å². The standard InChI is InChI=1S/C26H21N3O2/c1-28-22-14-8-6-10-18(22)16-23(28)21-17-25(30)29(2)27-26(21)20-13-7-9-15-24(20)31-19-11-4-3-5-12-19/h3-17H,1-2H3. The number of rotatable bonds is 4. The molecule has 0 saturated heterocycles. The summed E-state index contributed by atoms with van der Waals surface area (Å²) in [5.74, 6) is 1.42. The summed E-state index contributed by atoms with van der Waals surface area (Å²) in [4.78, 5) is 12.6. The molecule has 0 bridgehead atoms. The average molecular weight is 407 g/mol. The molecule has 0 aliphatic heterocycles. The van der Waals surface area contributed by atoms with Crippen molar-refractivity contribution in [1.29, 1.82) is 0 Å². The highest BCUT2D eigenvalue weighted by Crippen LogP contribution is 2.38. The van der Waals surface area contributed by atoms with Crippen LogP contribution in [0.1, 0.15) is 0 Å². The fraction of sp³-hybridized carbons (Fsp3) is 0.0769. The number of ether oxygens (including phenoxy) is 1. The summed E-state index contributed by atoms with van der Waals surface area (Å²) in [7, 11) is 3.67. The van der Waals surface area contributed by atoms with Gasteiger partial charge in [0.15, 0.2) is 0 Å². The Morgan fingerprint density at radius 2 is 1.48 bits per heavy atom. The molecule has 0 aliphatic rings. The lowest BCUT2D eigenvalue weighted by atomic mass is 10.0. The van der Waals surface area contributed by atoms with Crippen molar-refractivity contribution < 1.29 is 4.74 Å². The topological polar surface area (TPSA) is 49.0 Å². The molecule has 152 valence electrons. The first-order chi connectivity index (χ1) is 15.1. The van der Waals surface area contributed by atoms with Gasteiger partial charge < -0.3 is 9.30 Å². The van der Waals surface area contributed by atoms with Crippen LogP contribution < -0.4 is 10.3 Å². The second-order valence-corrected chi connectivity index (χ2v) is 7.43. The van der Waals surface area contributed by atoms with Gasteiger partial charge in [0.1, 0.15) is 17.2 Å². The fourth-order valence-electron chi connectivity index (χ4n) is 3.85. The van der Waals surface area contributed by atoms with Crippen molar-refractivity contribution in [1.82, 2.24) is 14.3 Å². The minimum atomic E-state index is -0.162. The molecule has 0 aliphatic carbocycles. The van der Waals surface area contributed by atoms with E-state index in [-0.39, 0.29) is 5.56 Å². The third-order valence-electron chi connectivity index (χ3n) is 5.43. The van der Waals surface area contributed by atoms with Gasteiger partial charge in [-0.3, -0.25) is 4.79 Å². The van der Waals surface area contributed by atoms with Crippen LogP contribution in [0, 0.1) is 0 Å². The highest BCUT2D eigenvalue weighted by Gasteiger charge is 2.19. The van der Waals surface area contributed by atoms with Gasteiger partial charge >= 0.3 is 0 Å². The van der Waals surface area contributed by atoms with E-state index in [1.165, 1.54) is 4.68 Å². The van der Waals surface area contributed by atoms with E-state index in [1.807, 2.05) is 73.8 Å². The lowest BCUT2D eigenvalue weighted by molar-refractivity contribution is 0.484. The van der Waals surface area contributed by atoms with Gasteiger partial charge in [0.2, 0.25) is 0 Å². The Kier molecular flexibility index (Phi) is 4.64. The number of aryl methyl sites for hydroxylation is 2. The van der Waals surface area contributed by atoms with Gasteiger partial charge in [0.25, 0.3) is 5.56 Å². The van der Waals surface area contributed by atoms with Gasteiger partial charge in [-0.05, 0) is 36.4 Å². The molecule has 0 atom stereocenters. The molecule has 0 spiro atoms. The Bertz CT molecular complexity index is 1450. The minimum Gasteiger partial charge on any atom is -0.457 e. The first-order valence-corrected chi connectivity index (χ1v) is 10.1. The maximum atomic E-state index is 12.6. The van der Waals surface area contributed by atoms with Crippen molar-refractivity contribution in [2.75, 3.05) is 0 Å². The SMILES string of the molecule is Cn1nc(-c2ccccc2Oc2ccccc2)c(-c2cc3ccccc3n2C)cc1=O. The Labute approximate surface area is 179 Å². The molecule has 0 amide bonds. The van der Waals surface area contributed by atoms with Crippen LogP contribution in [0.5, 0.6) is 11.5 Å². The molecule has 2 aromatic heterocycles. The molecule has 0 saturated carbocycles.